The van der Waals surface area contributed by atoms with Crippen molar-refractivity contribution in [3.8, 4) is 0 Å². The van der Waals surface area contributed by atoms with Crippen molar-refractivity contribution in [3.63, 3.8) is 0 Å². The molecule has 0 radical (unpaired) electrons. The van der Waals surface area contributed by atoms with E-state index in [1.54, 1.807) is 6.08 Å². The lowest BCUT2D eigenvalue weighted by atomic mass is 10.4. The van der Waals surface area contributed by atoms with Gasteiger partial charge in [0.15, 0.2) is 0 Å². The van der Waals surface area contributed by atoms with Crippen LogP contribution < -0.4 is 0 Å². The van der Waals surface area contributed by atoms with Crippen LogP contribution in [0, 0.1) is 0 Å². The SMILES string of the molecule is CCCN(C)CC=CC(=O)O. The molecule has 0 fully saturated rings. The highest BCUT2D eigenvalue weighted by atomic mass is 16.4. The molecule has 0 aliphatic heterocycles. The second-order valence-corrected chi connectivity index (χ2v) is 2.50. The molecule has 0 aliphatic rings. The zero-order valence-corrected chi connectivity index (χ0v) is 7.08. The first kappa shape index (κ1) is 10.2. The quantitative estimate of drug-likeness (QED) is 0.604. The van der Waals surface area contributed by atoms with Crippen molar-refractivity contribution in [3.05, 3.63) is 12.2 Å². The van der Waals surface area contributed by atoms with E-state index in [0.29, 0.717) is 6.54 Å². The molecule has 1 N–H and O–H groups in total. The molecule has 0 aliphatic carbocycles. The van der Waals surface area contributed by atoms with E-state index in [1.165, 1.54) is 6.08 Å². The molecular weight excluding hydrogens is 142 g/mol. The molecular formula is C8H15NO2. The van der Waals surface area contributed by atoms with Crippen LogP contribution >= 0.6 is 0 Å². The molecule has 0 aromatic rings. The van der Waals surface area contributed by atoms with E-state index in [-0.39, 0.29) is 0 Å². The summed E-state index contributed by atoms with van der Waals surface area (Å²) in [5, 5.41) is 8.25. The minimum Gasteiger partial charge on any atom is -0.478 e. The molecule has 0 saturated heterocycles. The Hall–Kier alpha value is -0.830. The van der Waals surface area contributed by atoms with Crippen molar-refractivity contribution in [2.45, 2.75) is 13.3 Å². The van der Waals surface area contributed by atoms with Gasteiger partial charge in [-0.15, -0.1) is 0 Å². The van der Waals surface area contributed by atoms with Crippen LogP contribution in [0.15, 0.2) is 12.2 Å². The summed E-state index contributed by atoms with van der Waals surface area (Å²) in [7, 11) is 1.97. The van der Waals surface area contributed by atoms with E-state index in [1.807, 2.05) is 7.05 Å². The minimum absolute atomic E-state index is 0.708. The summed E-state index contributed by atoms with van der Waals surface area (Å²) in [6, 6.07) is 0. The minimum atomic E-state index is -0.880. The molecule has 0 saturated carbocycles. The van der Waals surface area contributed by atoms with Crippen LogP contribution in [0.5, 0.6) is 0 Å². The number of nitrogens with zero attached hydrogens (tertiary/aromatic N) is 1. The van der Waals surface area contributed by atoms with E-state index in [2.05, 4.69) is 11.8 Å². The van der Waals surface area contributed by atoms with Gasteiger partial charge >= 0.3 is 5.97 Å². The fourth-order valence-electron chi connectivity index (χ4n) is 0.806. The molecule has 0 heterocycles. The normalized spacial score (nSPS) is 11.2. The third kappa shape index (κ3) is 7.06. The molecule has 3 nitrogen and oxygen atoms in total. The van der Waals surface area contributed by atoms with Crippen LogP contribution in [0.3, 0.4) is 0 Å². The van der Waals surface area contributed by atoms with Gasteiger partial charge in [-0.1, -0.05) is 13.0 Å². The third-order valence-electron chi connectivity index (χ3n) is 1.28. The van der Waals surface area contributed by atoms with E-state index in [4.69, 9.17) is 5.11 Å². The Morgan fingerprint density at radius 1 is 1.64 bits per heavy atom. The van der Waals surface area contributed by atoms with Gasteiger partial charge in [0.2, 0.25) is 0 Å². The van der Waals surface area contributed by atoms with Crippen molar-refractivity contribution in [2.75, 3.05) is 20.1 Å². The van der Waals surface area contributed by atoms with Crippen molar-refractivity contribution < 1.29 is 9.90 Å². The average Bonchev–Trinajstić information content (AvgIpc) is 1.87. The summed E-state index contributed by atoms with van der Waals surface area (Å²) in [5.41, 5.74) is 0. The van der Waals surface area contributed by atoms with Gasteiger partial charge in [-0.25, -0.2) is 4.79 Å². The number of rotatable bonds is 5. The second-order valence-electron chi connectivity index (χ2n) is 2.50. The molecule has 0 amide bonds. The molecule has 0 atom stereocenters. The largest absolute Gasteiger partial charge is 0.478 e. The molecule has 0 bridgehead atoms. The number of aliphatic carboxylic acids is 1. The van der Waals surface area contributed by atoms with Crippen molar-refractivity contribution >= 4 is 5.97 Å². The van der Waals surface area contributed by atoms with Crippen molar-refractivity contribution in [1.29, 1.82) is 0 Å². The van der Waals surface area contributed by atoms with Gasteiger partial charge in [0.05, 0.1) is 0 Å². The summed E-state index contributed by atoms with van der Waals surface area (Å²) in [6.07, 6.45) is 3.92. The van der Waals surface area contributed by atoms with Crippen LogP contribution in [-0.4, -0.2) is 36.1 Å². The highest BCUT2D eigenvalue weighted by molar-refractivity contribution is 5.79. The Kier molecular flexibility index (Phi) is 5.47. The maximum Gasteiger partial charge on any atom is 0.328 e. The third-order valence-corrected chi connectivity index (χ3v) is 1.28. The number of carboxylic acids is 1. The highest BCUT2D eigenvalue weighted by Crippen LogP contribution is 1.86. The summed E-state index contributed by atoms with van der Waals surface area (Å²) in [6.45, 7) is 3.81. The van der Waals surface area contributed by atoms with Crippen molar-refractivity contribution in [2.24, 2.45) is 0 Å². The zero-order chi connectivity index (χ0) is 8.69. The van der Waals surface area contributed by atoms with Crippen LogP contribution in [-0.2, 0) is 4.79 Å². The Bertz CT molecular complexity index is 143. The topological polar surface area (TPSA) is 40.5 Å². The highest BCUT2D eigenvalue weighted by Gasteiger charge is 1.91. The molecule has 0 unspecified atom stereocenters. The van der Waals surface area contributed by atoms with Crippen LogP contribution in [0.2, 0.25) is 0 Å². The number of hydrogen-bond donors (Lipinski definition) is 1. The van der Waals surface area contributed by atoms with E-state index >= 15 is 0 Å². The number of likely N-dealkylation sites (N-methyl/N-ethyl adjacent to an activating group) is 1. The zero-order valence-electron chi connectivity index (χ0n) is 7.08. The second kappa shape index (κ2) is 5.92. The Morgan fingerprint density at radius 3 is 2.73 bits per heavy atom. The first-order valence-electron chi connectivity index (χ1n) is 3.74. The summed E-state index contributed by atoms with van der Waals surface area (Å²) in [5.74, 6) is -0.880. The lowest BCUT2D eigenvalue weighted by molar-refractivity contribution is -0.131. The summed E-state index contributed by atoms with van der Waals surface area (Å²) >= 11 is 0. The molecule has 0 rings (SSSR count). The first-order chi connectivity index (χ1) is 5.16. The maximum absolute atomic E-state index is 10.0. The fraction of sp³-hybridized carbons (Fsp3) is 0.625. The Balaban J connectivity index is 3.44. The first-order valence-corrected chi connectivity index (χ1v) is 3.74. The van der Waals surface area contributed by atoms with Gasteiger partial charge in [0, 0.05) is 12.6 Å². The standard InChI is InChI=1S/C8H15NO2/c1-3-6-9(2)7-4-5-8(10)11/h4-5H,3,6-7H2,1-2H3,(H,10,11). The predicted molar refractivity (Wildman–Crippen MR) is 44.6 cm³/mol. The van der Waals surface area contributed by atoms with Crippen LogP contribution in [0.25, 0.3) is 0 Å². The average molecular weight is 157 g/mol. The lowest BCUT2D eigenvalue weighted by Gasteiger charge is -2.11. The predicted octanol–water partition coefficient (Wildman–Crippen LogP) is 0.969. The van der Waals surface area contributed by atoms with E-state index in [0.717, 1.165) is 13.0 Å². The smallest absolute Gasteiger partial charge is 0.328 e. The van der Waals surface area contributed by atoms with Crippen LogP contribution in [0.4, 0.5) is 0 Å². The van der Waals surface area contributed by atoms with E-state index < -0.39 is 5.97 Å². The van der Waals surface area contributed by atoms with Gasteiger partial charge in [-0.05, 0) is 20.0 Å². The lowest BCUT2D eigenvalue weighted by Crippen LogP contribution is -2.18. The molecule has 64 valence electrons. The molecule has 0 spiro atoms. The van der Waals surface area contributed by atoms with Gasteiger partial charge in [0.1, 0.15) is 0 Å². The summed E-state index contributed by atoms with van der Waals surface area (Å²) in [4.78, 5) is 12.1. The van der Waals surface area contributed by atoms with Gasteiger partial charge in [0.25, 0.3) is 0 Å². The van der Waals surface area contributed by atoms with E-state index in [9.17, 15) is 4.79 Å². The number of hydrogen-bond acceptors (Lipinski definition) is 2. The molecule has 0 aromatic heterocycles. The van der Waals surface area contributed by atoms with Gasteiger partial charge < -0.3 is 10.0 Å². The van der Waals surface area contributed by atoms with Crippen molar-refractivity contribution in [1.82, 2.24) is 4.90 Å². The number of carbonyl (C=O) groups is 1. The van der Waals surface area contributed by atoms with Gasteiger partial charge in [-0.3, -0.25) is 0 Å². The maximum atomic E-state index is 10.0. The Labute approximate surface area is 67.3 Å². The number of carboxylic acid groups (broad SMARTS) is 1. The van der Waals surface area contributed by atoms with Gasteiger partial charge in [-0.2, -0.15) is 0 Å². The fourth-order valence-corrected chi connectivity index (χ4v) is 0.806. The molecule has 11 heavy (non-hydrogen) atoms. The molecule has 3 heteroatoms. The Morgan fingerprint density at radius 2 is 2.27 bits per heavy atom. The van der Waals surface area contributed by atoms with Crippen LogP contribution in [0.1, 0.15) is 13.3 Å². The molecule has 0 aromatic carbocycles. The monoisotopic (exact) mass is 157 g/mol. The summed E-state index contributed by atoms with van der Waals surface area (Å²) < 4.78 is 0.